The van der Waals surface area contributed by atoms with Crippen molar-refractivity contribution in [3.05, 3.63) is 0 Å². The van der Waals surface area contributed by atoms with Gasteiger partial charge in [-0.25, -0.2) is 0 Å². The smallest absolute Gasteiger partial charge is 0.108 e. The molecule has 0 aromatic heterocycles. The Morgan fingerprint density at radius 2 is 1.90 bits per heavy atom. The Bertz CT molecular complexity index is 79.8. The molecule has 62 valence electrons. The minimum Gasteiger partial charge on any atom is -0.394 e. The number of aliphatic hydroxyl groups excluding tert-OH is 3. The first-order valence-corrected chi connectivity index (χ1v) is 3.13. The van der Waals surface area contributed by atoms with E-state index in [1.807, 2.05) is 0 Å². The van der Waals surface area contributed by atoms with E-state index in [4.69, 9.17) is 15.3 Å². The molecule has 0 aromatic carbocycles. The third-order valence-electron chi connectivity index (χ3n) is 1.36. The number of hydrogen-bond donors (Lipinski definition) is 3. The van der Waals surface area contributed by atoms with Gasteiger partial charge in [0.25, 0.3) is 0 Å². The van der Waals surface area contributed by atoms with Gasteiger partial charge in [-0.05, 0) is 6.92 Å². The largest absolute Gasteiger partial charge is 0.394 e. The van der Waals surface area contributed by atoms with E-state index >= 15 is 0 Å². The maximum absolute atomic E-state index is 9.05. The maximum Gasteiger partial charge on any atom is 0.108 e. The molecule has 0 heterocycles. The molecule has 3 N–H and O–H groups in total. The van der Waals surface area contributed by atoms with Crippen molar-refractivity contribution in [3.8, 4) is 0 Å². The van der Waals surface area contributed by atoms with Crippen molar-refractivity contribution < 1.29 is 20.1 Å². The predicted molar refractivity (Wildman–Crippen MR) is 35.6 cm³/mol. The molecule has 4 nitrogen and oxygen atoms in total. The van der Waals surface area contributed by atoms with Crippen molar-refractivity contribution in [1.82, 2.24) is 0 Å². The van der Waals surface area contributed by atoms with Gasteiger partial charge < -0.3 is 20.1 Å². The highest BCUT2D eigenvalue weighted by Crippen LogP contribution is 2.01. The minimum absolute atomic E-state index is 0.289. The Kier molecular flexibility index (Phi) is 4.55. The molecule has 0 rings (SSSR count). The van der Waals surface area contributed by atoms with Crippen LogP contribution in [0.15, 0.2) is 0 Å². The van der Waals surface area contributed by atoms with E-state index < -0.39 is 18.3 Å². The quantitative estimate of drug-likeness (QED) is 0.467. The first kappa shape index (κ1) is 9.84. The van der Waals surface area contributed by atoms with Crippen LogP contribution in [0.4, 0.5) is 0 Å². The molecular formula is C6H14O4. The van der Waals surface area contributed by atoms with Crippen molar-refractivity contribution in [2.75, 3.05) is 13.7 Å². The molecule has 0 spiro atoms. The van der Waals surface area contributed by atoms with Crippen LogP contribution in [-0.4, -0.2) is 47.3 Å². The summed E-state index contributed by atoms with van der Waals surface area (Å²) in [4.78, 5) is 0. The van der Waals surface area contributed by atoms with E-state index in [2.05, 4.69) is 4.74 Å². The lowest BCUT2D eigenvalue weighted by molar-refractivity contribution is -0.0870. The molecule has 4 heteroatoms. The van der Waals surface area contributed by atoms with Gasteiger partial charge in [0.1, 0.15) is 12.2 Å². The van der Waals surface area contributed by atoms with E-state index in [-0.39, 0.29) is 6.61 Å². The van der Waals surface area contributed by atoms with Gasteiger partial charge in [0.15, 0.2) is 0 Å². The van der Waals surface area contributed by atoms with Crippen molar-refractivity contribution in [1.29, 1.82) is 0 Å². The van der Waals surface area contributed by atoms with Crippen LogP contribution in [0, 0.1) is 0 Å². The third-order valence-corrected chi connectivity index (χ3v) is 1.36. The Labute approximate surface area is 60.1 Å². The molecule has 0 fully saturated rings. The lowest BCUT2D eigenvalue weighted by atomic mass is 10.1. The molecule has 0 aromatic rings. The summed E-state index contributed by atoms with van der Waals surface area (Å²) in [5.41, 5.74) is 0. The van der Waals surface area contributed by atoms with E-state index in [1.54, 1.807) is 0 Å². The second-order valence-corrected chi connectivity index (χ2v) is 2.19. The molecule has 0 radical (unpaired) electrons. The molecule has 2 unspecified atom stereocenters. The molecular weight excluding hydrogens is 136 g/mol. The van der Waals surface area contributed by atoms with Crippen LogP contribution in [-0.2, 0) is 4.74 Å². The number of rotatable bonds is 4. The fourth-order valence-corrected chi connectivity index (χ4v) is 0.633. The summed E-state index contributed by atoms with van der Waals surface area (Å²) in [7, 11) is 1.37. The van der Waals surface area contributed by atoms with Gasteiger partial charge in [0.2, 0.25) is 0 Å². The van der Waals surface area contributed by atoms with Crippen LogP contribution in [0.2, 0.25) is 0 Å². The number of ether oxygens (including phenoxy) is 1. The standard InChI is InChI=1S/C6H14O4/c1-4(8)6(9)5(3-7)10-2/h4-9H,3H2,1-2H3/t4?,5-,6?/m1/s1. The Balaban J connectivity index is 3.76. The summed E-state index contributed by atoms with van der Waals surface area (Å²) in [6.07, 6.45) is -2.59. The van der Waals surface area contributed by atoms with Crippen LogP contribution in [0.25, 0.3) is 0 Å². The highest BCUT2D eigenvalue weighted by molar-refractivity contribution is 4.71. The summed E-state index contributed by atoms with van der Waals surface area (Å²) in [5, 5.41) is 26.4. The molecule has 0 aliphatic rings. The zero-order valence-corrected chi connectivity index (χ0v) is 6.19. The van der Waals surface area contributed by atoms with Crippen molar-refractivity contribution in [3.63, 3.8) is 0 Å². The molecule has 0 amide bonds. The van der Waals surface area contributed by atoms with Gasteiger partial charge in [-0.1, -0.05) is 0 Å². The van der Waals surface area contributed by atoms with E-state index in [1.165, 1.54) is 14.0 Å². The first-order valence-electron chi connectivity index (χ1n) is 3.13. The summed E-state index contributed by atoms with van der Waals surface area (Å²) in [5.74, 6) is 0. The van der Waals surface area contributed by atoms with Gasteiger partial charge in [-0.15, -0.1) is 0 Å². The maximum atomic E-state index is 9.05. The SMILES string of the molecule is CO[C@H](CO)C(O)C(C)O. The molecule has 0 bridgehead atoms. The topological polar surface area (TPSA) is 69.9 Å². The van der Waals surface area contributed by atoms with Crippen LogP contribution in [0.3, 0.4) is 0 Å². The van der Waals surface area contributed by atoms with Crippen molar-refractivity contribution >= 4 is 0 Å². The fourth-order valence-electron chi connectivity index (χ4n) is 0.633. The second kappa shape index (κ2) is 4.62. The number of hydrogen-bond acceptors (Lipinski definition) is 4. The van der Waals surface area contributed by atoms with Gasteiger partial charge in [0, 0.05) is 7.11 Å². The lowest BCUT2D eigenvalue weighted by Crippen LogP contribution is -2.39. The normalized spacial score (nSPS) is 20.1. The second-order valence-electron chi connectivity index (χ2n) is 2.19. The lowest BCUT2D eigenvalue weighted by Gasteiger charge is -2.21. The first-order chi connectivity index (χ1) is 4.63. The molecule has 10 heavy (non-hydrogen) atoms. The van der Waals surface area contributed by atoms with Gasteiger partial charge >= 0.3 is 0 Å². The molecule has 0 saturated heterocycles. The van der Waals surface area contributed by atoms with Crippen LogP contribution >= 0.6 is 0 Å². The molecule has 3 atom stereocenters. The van der Waals surface area contributed by atoms with E-state index in [0.29, 0.717) is 0 Å². The predicted octanol–water partition coefficient (Wildman–Crippen LogP) is -1.26. The fraction of sp³-hybridized carbons (Fsp3) is 1.00. The summed E-state index contributed by atoms with van der Waals surface area (Å²) >= 11 is 0. The third kappa shape index (κ3) is 2.62. The van der Waals surface area contributed by atoms with Crippen molar-refractivity contribution in [2.45, 2.75) is 25.2 Å². The summed E-state index contributed by atoms with van der Waals surface area (Å²) in [6.45, 7) is 1.15. The zero-order valence-electron chi connectivity index (χ0n) is 6.19. The van der Waals surface area contributed by atoms with Gasteiger partial charge in [-0.3, -0.25) is 0 Å². The highest BCUT2D eigenvalue weighted by Gasteiger charge is 2.21. The van der Waals surface area contributed by atoms with E-state index in [0.717, 1.165) is 0 Å². The Morgan fingerprint density at radius 3 is 2.00 bits per heavy atom. The Morgan fingerprint density at radius 1 is 1.40 bits per heavy atom. The highest BCUT2D eigenvalue weighted by atomic mass is 16.5. The monoisotopic (exact) mass is 150 g/mol. The summed E-state index contributed by atoms with van der Waals surface area (Å²) < 4.78 is 4.66. The van der Waals surface area contributed by atoms with E-state index in [9.17, 15) is 0 Å². The molecule has 0 saturated carbocycles. The average Bonchev–Trinajstić information content (AvgIpc) is 1.90. The molecule has 0 aliphatic carbocycles. The average molecular weight is 150 g/mol. The van der Waals surface area contributed by atoms with Crippen LogP contribution in [0.1, 0.15) is 6.92 Å². The molecule has 0 aliphatic heterocycles. The Hall–Kier alpha value is -0.160. The van der Waals surface area contributed by atoms with Gasteiger partial charge in [-0.2, -0.15) is 0 Å². The van der Waals surface area contributed by atoms with Gasteiger partial charge in [0.05, 0.1) is 12.7 Å². The minimum atomic E-state index is -1.02. The van der Waals surface area contributed by atoms with Crippen molar-refractivity contribution in [2.24, 2.45) is 0 Å². The zero-order chi connectivity index (χ0) is 8.15. The van der Waals surface area contributed by atoms with Crippen LogP contribution < -0.4 is 0 Å². The number of aliphatic hydroxyl groups is 3. The van der Waals surface area contributed by atoms with Crippen LogP contribution in [0.5, 0.6) is 0 Å². The number of methoxy groups -OCH3 is 1. The summed E-state index contributed by atoms with van der Waals surface area (Å²) in [6, 6.07) is 0.